The third-order valence-corrected chi connectivity index (χ3v) is 7.94. The number of hydrogen-bond acceptors (Lipinski definition) is 10. The highest BCUT2D eigenvalue weighted by atomic mass is 16.6. The topological polar surface area (TPSA) is 146 Å². The molecule has 2 aromatic rings. The summed E-state index contributed by atoms with van der Waals surface area (Å²) in [6.45, 7) is 8.76. The van der Waals surface area contributed by atoms with Crippen molar-refractivity contribution in [3.8, 4) is 0 Å². The van der Waals surface area contributed by atoms with Gasteiger partial charge in [0.25, 0.3) is 0 Å². The molecule has 1 saturated heterocycles. The Morgan fingerprint density at radius 2 is 1.60 bits per heavy atom. The van der Waals surface area contributed by atoms with Gasteiger partial charge in [-0.1, -0.05) is 74.5 Å². The molecule has 1 aliphatic rings. The first-order valence-corrected chi connectivity index (χ1v) is 16.2. The standard InChI is InChI=1S/C37H47NO10/c1-25(2)34-37(4,5)48-36(44)38(34)35(43)31(21-27-13-8-6-9-14-27)33(47-26(3)40)32(42)19-18-29(41)17-12-20-45-24-30(22-39)46-23-28-15-10-7-11-16-28/h6-11,13-16,18-19,25,30-31,33-34,39H,12,17,20-24H2,1-5H3/t30-,31-,33-,34-/m1/s1. The first kappa shape index (κ1) is 38.3. The summed E-state index contributed by atoms with van der Waals surface area (Å²) in [7, 11) is 0. The number of rotatable bonds is 19. The lowest BCUT2D eigenvalue weighted by Gasteiger charge is -2.34. The summed E-state index contributed by atoms with van der Waals surface area (Å²) < 4.78 is 22.2. The Kier molecular flexibility index (Phi) is 14.6. The van der Waals surface area contributed by atoms with Crippen molar-refractivity contribution in [2.45, 2.75) is 84.3 Å². The molecule has 0 radical (unpaired) electrons. The van der Waals surface area contributed by atoms with Gasteiger partial charge in [0.15, 0.2) is 17.7 Å². The largest absolute Gasteiger partial charge is 0.453 e. The van der Waals surface area contributed by atoms with E-state index in [1.165, 1.54) is 0 Å². The van der Waals surface area contributed by atoms with Gasteiger partial charge in [0.05, 0.1) is 31.8 Å². The van der Waals surface area contributed by atoms with E-state index in [2.05, 4.69) is 0 Å². The van der Waals surface area contributed by atoms with Crippen LogP contribution < -0.4 is 0 Å². The molecular weight excluding hydrogens is 618 g/mol. The SMILES string of the molecule is CC(=O)O[C@@H](C(=O)C=CC(=O)CCCOC[C@@H](CO)OCc1ccccc1)[C@@H](Cc1ccccc1)C(=O)N1C(=O)OC(C)(C)[C@H]1C(C)C. The van der Waals surface area contributed by atoms with Crippen molar-refractivity contribution in [3.05, 3.63) is 83.9 Å². The van der Waals surface area contributed by atoms with E-state index in [1.807, 2.05) is 44.2 Å². The smallest absolute Gasteiger partial charge is 0.417 e. The highest BCUT2D eigenvalue weighted by molar-refractivity contribution is 6.05. The predicted molar refractivity (Wildman–Crippen MR) is 177 cm³/mol. The molecule has 48 heavy (non-hydrogen) atoms. The third-order valence-electron chi connectivity index (χ3n) is 7.94. The number of ether oxygens (including phenoxy) is 4. The minimum Gasteiger partial charge on any atom is -0.453 e. The molecule has 0 bridgehead atoms. The summed E-state index contributed by atoms with van der Waals surface area (Å²) in [5.41, 5.74) is 0.670. The molecular formula is C37H47NO10. The van der Waals surface area contributed by atoms with Crippen LogP contribution in [0.2, 0.25) is 0 Å². The Balaban J connectivity index is 1.66. The fourth-order valence-corrected chi connectivity index (χ4v) is 5.83. The van der Waals surface area contributed by atoms with Crippen molar-refractivity contribution in [3.63, 3.8) is 0 Å². The average Bonchev–Trinajstić information content (AvgIpc) is 3.31. The Morgan fingerprint density at radius 1 is 0.979 bits per heavy atom. The molecule has 11 heteroatoms. The number of allylic oxidation sites excluding steroid dienone is 1. The van der Waals surface area contributed by atoms with Crippen LogP contribution in [-0.4, -0.2) is 83.2 Å². The molecule has 4 atom stereocenters. The van der Waals surface area contributed by atoms with Crippen LogP contribution in [0.4, 0.5) is 4.79 Å². The number of aliphatic hydroxyl groups is 1. The Morgan fingerprint density at radius 3 is 2.19 bits per heavy atom. The summed E-state index contributed by atoms with van der Waals surface area (Å²) >= 11 is 0. The van der Waals surface area contributed by atoms with E-state index < -0.39 is 53.5 Å². The molecule has 1 N–H and O–H groups in total. The molecule has 3 rings (SSSR count). The quantitative estimate of drug-likeness (QED) is 0.128. The number of benzene rings is 2. The lowest BCUT2D eigenvalue weighted by molar-refractivity contribution is -0.159. The number of carbonyl (C=O) groups excluding carboxylic acids is 5. The predicted octanol–water partition coefficient (Wildman–Crippen LogP) is 4.63. The molecule has 0 aliphatic carbocycles. The van der Waals surface area contributed by atoms with E-state index in [4.69, 9.17) is 18.9 Å². The maximum Gasteiger partial charge on any atom is 0.417 e. The Labute approximate surface area is 282 Å². The lowest BCUT2D eigenvalue weighted by atomic mass is 9.85. The van der Waals surface area contributed by atoms with Gasteiger partial charge in [0.1, 0.15) is 11.7 Å². The van der Waals surface area contributed by atoms with Crippen LogP contribution in [0, 0.1) is 11.8 Å². The molecule has 1 aliphatic heterocycles. The molecule has 0 spiro atoms. The summed E-state index contributed by atoms with van der Waals surface area (Å²) in [4.78, 5) is 66.6. The summed E-state index contributed by atoms with van der Waals surface area (Å²) in [5, 5.41) is 9.58. The van der Waals surface area contributed by atoms with E-state index in [9.17, 15) is 29.1 Å². The Hall–Kier alpha value is -4.19. The number of carbonyl (C=O) groups is 5. The first-order valence-electron chi connectivity index (χ1n) is 16.2. The zero-order chi connectivity index (χ0) is 35.3. The minimum atomic E-state index is -1.60. The zero-order valence-electron chi connectivity index (χ0n) is 28.3. The van der Waals surface area contributed by atoms with Gasteiger partial charge in [0.2, 0.25) is 5.91 Å². The normalized spacial score (nSPS) is 17.6. The maximum absolute atomic E-state index is 14.2. The zero-order valence-corrected chi connectivity index (χ0v) is 28.3. The van der Waals surface area contributed by atoms with E-state index in [1.54, 1.807) is 44.2 Å². The molecule has 1 fully saturated rings. The number of cyclic esters (lactones) is 1. The summed E-state index contributed by atoms with van der Waals surface area (Å²) in [6.07, 6.45) is -0.461. The van der Waals surface area contributed by atoms with Gasteiger partial charge >= 0.3 is 12.1 Å². The first-order chi connectivity index (χ1) is 22.8. The molecule has 260 valence electrons. The fourth-order valence-electron chi connectivity index (χ4n) is 5.83. The van der Waals surface area contributed by atoms with E-state index in [0.717, 1.165) is 29.5 Å². The van der Waals surface area contributed by atoms with Crippen LogP contribution in [-0.2, 0) is 51.2 Å². The second-order valence-electron chi connectivity index (χ2n) is 12.7. The maximum atomic E-state index is 14.2. The summed E-state index contributed by atoms with van der Waals surface area (Å²) in [6, 6.07) is 17.8. The molecule has 2 amide bonds. The van der Waals surface area contributed by atoms with E-state index >= 15 is 0 Å². The van der Waals surface area contributed by atoms with Crippen LogP contribution in [0.25, 0.3) is 0 Å². The second kappa shape index (κ2) is 18.4. The monoisotopic (exact) mass is 665 g/mol. The summed E-state index contributed by atoms with van der Waals surface area (Å²) in [5.74, 6) is -4.09. The molecule has 1 heterocycles. The number of aliphatic hydroxyl groups excluding tert-OH is 1. The lowest BCUT2D eigenvalue weighted by Crippen LogP contribution is -2.53. The fraction of sp³-hybridized carbons (Fsp3) is 0.486. The molecule has 2 aromatic carbocycles. The molecule has 0 unspecified atom stereocenters. The van der Waals surface area contributed by atoms with Gasteiger partial charge in [-0.05, 0) is 55.9 Å². The van der Waals surface area contributed by atoms with Crippen LogP contribution in [0.15, 0.2) is 72.8 Å². The highest BCUT2D eigenvalue weighted by Gasteiger charge is 2.54. The van der Waals surface area contributed by atoms with E-state index in [-0.39, 0.29) is 44.4 Å². The number of esters is 1. The molecule has 0 aromatic heterocycles. The van der Waals surface area contributed by atoms with Crippen molar-refractivity contribution >= 4 is 29.5 Å². The van der Waals surface area contributed by atoms with Crippen LogP contribution in [0.3, 0.4) is 0 Å². The van der Waals surface area contributed by atoms with Gasteiger partial charge < -0.3 is 24.1 Å². The third kappa shape index (κ3) is 11.2. The Bertz CT molecular complexity index is 1410. The van der Waals surface area contributed by atoms with Gasteiger partial charge in [-0.15, -0.1) is 0 Å². The van der Waals surface area contributed by atoms with Crippen LogP contribution in [0.5, 0.6) is 0 Å². The average molecular weight is 666 g/mol. The van der Waals surface area contributed by atoms with Gasteiger partial charge in [0, 0.05) is 20.0 Å². The van der Waals surface area contributed by atoms with Gasteiger partial charge in [-0.3, -0.25) is 19.2 Å². The second-order valence-corrected chi connectivity index (χ2v) is 12.7. The van der Waals surface area contributed by atoms with Crippen LogP contribution >= 0.6 is 0 Å². The number of nitrogens with zero attached hydrogens (tertiary/aromatic N) is 1. The van der Waals surface area contributed by atoms with Crippen molar-refractivity contribution in [1.82, 2.24) is 4.90 Å². The highest BCUT2D eigenvalue weighted by Crippen LogP contribution is 2.36. The van der Waals surface area contributed by atoms with E-state index in [0.29, 0.717) is 18.6 Å². The number of ketones is 2. The number of imide groups is 1. The van der Waals surface area contributed by atoms with Gasteiger partial charge in [-0.2, -0.15) is 0 Å². The number of hydrogen-bond donors (Lipinski definition) is 1. The van der Waals surface area contributed by atoms with Gasteiger partial charge in [-0.25, -0.2) is 9.69 Å². The van der Waals surface area contributed by atoms with Crippen molar-refractivity contribution in [1.29, 1.82) is 0 Å². The van der Waals surface area contributed by atoms with Crippen molar-refractivity contribution in [2.75, 3.05) is 19.8 Å². The number of amides is 2. The molecule has 11 nitrogen and oxygen atoms in total. The molecule has 0 saturated carbocycles. The van der Waals surface area contributed by atoms with Crippen molar-refractivity contribution < 1.29 is 48.0 Å². The minimum absolute atomic E-state index is 0.0125. The van der Waals surface area contributed by atoms with Crippen molar-refractivity contribution in [2.24, 2.45) is 11.8 Å². The van der Waals surface area contributed by atoms with Crippen LogP contribution in [0.1, 0.15) is 58.6 Å².